The third-order valence-electron chi connectivity index (χ3n) is 4.70. The van der Waals surface area contributed by atoms with E-state index in [1.165, 1.54) is 11.4 Å². The van der Waals surface area contributed by atoms with Crippen LogP contribution in [0.25, 0.3) is 0 Å². The molecule has 2 aliphatic heterocycles. The highest BCUT2D eigenvalue weighted by atomic mass is 32.2. The van der Waals surface area contributed by atoms with Crippen LogP contribution >= 0.6 is 0 Å². The van der Waals surface area contributed by atoms with Gasteiger partial charge in [-0.15, -0.1) is 0 Å². The molecule has 2 heterocycles. The standard InChI is InChI=1S/C15H27NO6S/c1-3-16(11-13-5-4-8-22-13)23(18,19)12-15(14(17)20-2)6-9-21-10-7-15/h13H,3-12H2,1-2H3. The van der Waals surface area contributed by atoms with E-state index >= 15 is 0 Å². The number of nitrogens with zero attached hydrogens (tertiary/aromatic N) is 1. The zero-order valence-corrected chi connectivity index (χ0v) is 14.8. The summed E-state index contributed by atoms with van der Waals surface area (Å²) in [6, 6.07) is 0. The van der Waals surface area contributed by atoms with E-state index < -0.39 is 21.4 Å². The number of likely N-dealkylation sites (N-methyl/N-ethyl adjacent to an activating group) is 1. The molecular weight excluding hydrogens is 322 g/mol. The van der Waals surface area contributed by atoms with Crippen molar-refractivity contribution in [3.8, 4) is 0 Å². The second-order valence-corrected chi connectivity index (χ2v) is 8.20. The summed E-state index contributed by atoms with van der Waals surface area (Å²) < 4.78 is 42.9. The summed E-state index contributed by atoms with van der Waals surface area (Å²) in [5.41, 5.74) is -1.00. The Morgan fingerprint density at radius 2 is 2.00 bits per heavy atom. The van der Waals surface area contributed by atoms with E-state index in [9.17, 15) is 13.2 Å². The Morgan fingerprint density at radius 3 is 2.52 bits per heavy atom. The molecule has 2 rings (SSSR count). The summed E-state index contributed by atoms with van der Waals surface area (Å²) in [5.74, 6) is -0.686. The van der Waals surface area contributed by atoms with Crippen molar-refractivity contribution in [1.29, 1.82) is 0 Å². The fourth-order valence-corrected chi connectivity index (χ4v) is 5.36. The summed E-state index contributed by atoms with van der Waals surface area (Å²) in [6.07, 6.45) is 2.54. The molecule has 23 heavy (non-hydrogen) atoms. The Kier molecular flexibility index (Phi) is 6.41. The van der Waals surface area contributed by atoms with Crippen LogP contribution in [0.15, 0.2) is 0 Å². The van der Waals surface area contributed by atoms with Crippen LogP contribution in [0.4, 0.5) is 0 Å². The van der Waals surface area contributed by atoms with Gasteiger partial charge in [-0.3, -0.25) is 4.79 Å². The molecule has 0 radical (unpaired) electrons. The lowest BCUT2D eigenvalue weighted by atomic mass is 9.82. The van der Waals surface area contributed by atoms with Crippen LogP contribution < -0.4 is 0 Å². The topological polar surface area (TPSA) is 82.1 Å². The molecule has 0 bridgehead atoms. The van der Waals surface area contributed by atoms with E-state index in [0.717, 1.165) is 12.8 Å². The molecule has 0 spiro atoms. The van der Waals surface area contributed by atoms with Crippen molar-refractivity contribution < 1.29 is 27.4 Å². The smallest absolute Gasteiger partial charge is 0.313 e. The van der Waals surface area contributed by atoms with Gasteiger partial charge >= 0.3 is 5.97 Å². The van der Waals surface area contributed by atoms with Gasteiger partial charge in [-0.2, -0.15) is 4.31 Å². The first-order valence-corrected chi connectivity index (χ1v) is 9.80. The molecule has 1 unspecified atom stereocenters. The average molecular weight is 349 g/mol. The molecule has 2 saturated heterocycles. The van der Waals surface area contributed by atoms with Crippen molar-refractivity contribution in [2.24, 2.45) is 5.41 Å². The molecule has 2 fully saturated rings. The van der Waals surface area contributed by atoms with E-state index in [2.05, 4.69) is 0 Å². The monoisotopic (exact) mass is 349 g/mol. The minimum absolute atomic E-state index is 0.0477. The Bertz CT molecular complexity index is 494. The molecule has 0 saturated carbocycles. The minimum Gasteiger partial charge on any atom is -0.469 e. The molecule has 0 amide bonds. The number of sulfonamides is 1. The number of rotatable bonds is 7. The van der Waals surface area contributed by atoms with Crippen molar-refractivity contribution in [3.05, 3.63) is 0 Å². The highest BCUT2D eigenvalue weighted by molar-refractivity contribution is 7.89. The first-order chi connectivity index (χ1) is 10.9. The molecule has 134 valence electrons. The van der Waals surface area contributed by atoms with Crippen LogP contribution in [0.2, 0.25) is 0 Å². The first kappa shape index (κ1) is 18.6. The first-order valence-electron chi connectivity index (χ1n) is 8.19. The van der Waals surface area contributed by atoms with E-state index in [1.807, 2.05) is 0 Å². The number of hydrogen-bond donors (Lipinski definition) is 0. The zero-order chi connectivity index (χ0) is 16.9. The molecule has 0 aliphatic carbocycles. The maximum atomic E-state index is 12.9. The lowest BCUT2D eigenvalue weighted by Gasteiger charge is -2.35. The third-order valence-corrected chi connectivity index (χ3v) is 6.82. The van der Waals surface area contributed by atoms with Gasteiger partial charge in [0.2, 0.25) is 10.0 Å². The number of carbonyl (C=O) groups excluding carboxylic acids is 1. The van der Waals surface area contributed by atoms with Crippen LogP contribution in [0, 0.1) is 5.41 Å². The number of carbonyl (C=O) groups is 1. The molecule has 7 nitrogen and oxygen atoms in total. The van der Waals surface area contributed by atoms with E-state index in [1.54, 1.807) is 6.92 Å². The van der Waals surface area contributed by atoms with Crippen LogP contribution in [0.3, 0.4) is 0 Å². The maximum absolute atomic E-state index is 12.9. The quantitative estimate of drug-likeness (QED) is 0.632. The number of hydrogen-bond acceptors (Lipinski definition) is 6. The molecule has 8 heteroatoms. The second kappa shape index (κ2) is 7.92. The number of methoxy groups -OCH3 is 1. The highest BCUT2D eigenvalue weighted by Gasteiger charge is 2.46. The summed E-state index contributed by atoms with van der Waals surface area (Å²) in [6.45, 7) is 3.97. The Balaban J connectivity index is 2.13. The summed E-state index contributed by atoms with van der Waals surface area (Å²) in [5, 5.41) is 0. The normalized spacial score (nSPS) is 24.7. The lowest BCUT2D eigenvalue weighted by Crippen LogP contribution is -2.48. The second-order valence-electron chi connectivity index (χ2n) is 6.23. The van der Waals surface area contributed by atoms with Crippen LogP contribution in [-0.4, -0.2) is 70.6 Å². The van der Waals surface area contributed by atoms with Crippen molar-refractivity contribution in [1.82, 2.24) is 4.31 Å². The molecule has 2 aliphatic rings. The van der Waals surface area contributed by atoms with E-state index in [4.69, 9.17) is 14.2 Å². The molecular formula is C15H27NO6S. The zero-order valence-electron chi connectivity index (χ0n) is 14.0. The van der Waals surface area contributed by atoms with Crippen LogP contribution in [-0.2, 0) is 29.0 Å². The van der Waals surface area contributed by atoms with Gasteiger partial charge in [-0.05, 0) is 25.7 Å². The molecule has 0 aromatic heterocycles. The van der Waals surface area contributed by atoms with E-state index in [0.29, 0.717) is 45.8 Å². The molecule has 0 N–H and O–H groups in total. The van der Waals surface area contributed by atoms with Gasteiger partial charge in [-0.25, -0.2) is 8.42 Å². The molecule has 0 aromatic carbocycles. The van der Waals surface area contributed by atoms with Gasteiger partial charge in [0.25, 0.3) is 0 Å². The fraction of sp³-hybridized carbons (Fsp3) is 0.933. The largest absolute Gasteiger partial charge is 0.469 e. The predicted octanol–water partition coefficient (Wildman–Crippen LogP) is 0.787. The Hall–Kier alpha value is -0.700. The van der Waals surface area contributed by atoms with Crippen LogP contribution in [0.5, 0.6) is 0 Å². The van der Waals surface area contributed by atoms with Crippen molar-refractivity contribution in [3.63, 3.8) is 0 Å². The minimum atomic E-state index is -3.58. The summed E-state index contributed by atoms with van der Waals surface area (Å²) in [7, 11) is -2.27. The third kappa shape index (κ3) is 4.43. The van der Waals surface area contributed by atoms with Gasteiger partial charge in [0.05, 0.1) is 24.4 Å². The Morgan fingerprint density at radius 1 is 1.30 bits per heavy atom. The predicted molar refractivity (Wildman–Crippen MR) is 84.5 cm³/mol. The summed E-state index contributed by atoms with van der Waals surface area (Å²) in [4.78, 5) is 12.2. The SMILES string of the molecule is CCN(CC1CCCO1)S(=O)(=O)CC1(C(=O)OC)CCOCC1. The van der Waals surface area contributed by atoms with Gasteiger partial charge < -0.3 is 14.2 Å². The number of esters is 1. The van der Waals surface area contributed by atoms with Gasteiger partial charge in [0.1, 0.15) is 0 Å². The average Bonchev–Trinajstić information content (AvgIpc) is 3.05. The van der Waals surface area contributed by atoms with Gasteiger partial charge in [-0.1, -0.05) is 6.92 Å². The van der Waals surface area contributed by atoms with Crippen LogP contribution in [0.1, 0.15) is 32.6 Å². The molecule has 1 atom stereocenters. The van der Waals surface area contributed by atoms with Gasteiger partial charge in [0, 0.05) is 32.9 Å². The van der Waals surface area contributed by atoms with Gasteiger partial charge in [0.15, 0.2) is 0 Å². The molecule has 0 aromatic rings. The van der Waals surface area contributed by atoms with Crippen molar-refractivity contribution in [2.75, 3.05) is 45.8 Å². The fourth-order valence-electron chi connectivity index (χ4n) is 3.28. The maximum Gasteiger partial charge on any atom is 0.313 e. The van der Waals surface area contributed by atoms with Crippen molar-refractivity contribution >= 4 is 16.0 Å². The van der Waals surface area contributed by atoms with Crippen molar-refractivity contribution in [2.45, 2.75) is 38.7 Å². The Labute approximate surface area is 138 Å². The highest BCUT2D eigenvalue weighted by Crippen LogP contribution is 2.34. The number of ether oxygens (including phenoxy) is 3. The van der Waals surface area contributed by atoms with E-state index in [-0.39, 0.29) is 11.9 Å². The lowest BCUT2D eigenvalue weighted by molar-refractivity contribution is -0.156. The summed E-state index contributed by atoms with van der Waals surface area (Å²) >= 11 is 0.